The van der Waals surface area contributed by atoms with Crippen LogP contribution in [-0.4, -0.2) is 37.5 Å². The van der Waals surface area contributed by atoms with Crippen molar-refractivity contribution < 1.29 is 4.79 Å². The Morgan fingerprint density at radius 3 is 2.84 bits per heavy atom. The highest BCUT2D eigenvalue weighted by molar-refractivity contribution is 5.82. The van der Waals surface area contributed by atoms with Gasteiger partial charge in [-0.05, 0) is 12.8 Å². The molecule has 0 atom stereocenters. The van der Waals surface area contributed by atoms with Crippen LogP contribution < -0.4 is 10.6 Å². The zero-order valence-electron chi connectivity index (χ0n) is 10.9. The van der Waals surface area contributed by atoms with Crippen LogP contribution in [0, 0.1) is 0 Å². The van der Waals surface area contributed by atoms with Crippen LogP contribution in [0.25, 0.3) is 11.2 Å². The second-order valence-corrected chi connectivity index (χ2v) is 4.96. The molecule has 7 nitrogen and oxygen atoms in total. The lowest BCUT2D eigenvalue weighted by Crippen LogP contribution is -2.49. The fraction of sp³-hybridized carbons (Fsp3) is 0.500. The Hall–Kier alpha value is -2.18. The van der Waals surface area contributed by atoms with Gasteiger partial charge in [-0.2, -0.15) is 0 Å². The number of carbonyl (C=O) groups is 1. The van der Waals surface area contributed by atoms with Crippen LogP contribution in [0.15, 0.2) is 12.7 Å². The first kappa shape index (κ1) is 11.9. The molecule has 0 aromatic carbocycles. The number of hydrogen-bond acceptors (Lipinski definition) is 5. The Kier molecular flexibility index (Phi) is 2.81. The predicted octanol–water partition coefficient (Wildman–Crippen LogP) is 0.442. The van der Waals surface area contributed by atoms with Crippen molar-refractivity contribution in [2.75, 3.05) is 5.32 Å². The van der Waals surface area contributed by atoms with E-state index in [1.165, 1.54) is 6.33 Å². The topological polar surface area (TPSA) is 84.7 Å². The highest BCUT2D eigenvalue weighted by Crippen LogP contribution is 2.25. The van der Waals surface area contributed by atoms with Gasteiger partial charge in [-0.15, -0.1) is 0 Å². The summed E-state index contributed by atoms with van der Waals surface area (Å²) >= 11 is 0. The van der Waals surface area contributed by atoms with Gasteiger partial charge >= 0.3 is 0 Å². The summed E-state index contributed by atoms with van der Waals surface area (Å²) in [6.45, 7) is 1.54. The Bertz CT molecular complexity index is 616. The third-order valence-corrected chi connectivity index (χ3v) is 3.38. The van der Waals surface area contributed by atoms with E-state index in [2.05, 4.69) is 25.6 Å². The maximum atomic E-state index is 10.9. The molecule has 3 rings (SSSR count). The second-order valence-electron chi connectivity index (χ2n) is 4.96. The Balaban J connectivity index is 1.69. The van der Waals surface area contributed by atoms with Crippen molar-refractivity contribution in [1.82, 2.24) is 24.8 Å². The van der Waals surface area contributed by atoms with E-state index in [1.807, 2.05) is 11.6 Å². The molecule has 100 valence electrons. The maximum absolute atomic E-state index is 10.9. The summed E-state index contributed by atoms with van der Waals surface area (Å²) in [6, 6.07) is 0.605. The largest absolute Gasteiger partial charge is 0.365 e. The van der Waals surface area contributed by atoms with Crippen molar-refractivity contribution in [2.45, 2.75) is 31.8 Å². The first-order valence-corrected chi connectivity index (χ1v) is 6.29. The van der Waals surface area contributed by atoms with Gasteiger partial charge in [0.2, 0.25) is 5.91 Å². The molecule has 7 heteroatoms. The summed E-state index contributed by atoms with van der Waals surface area (Å²) < 4.78 is 1.86. The van der Waals surface area contributed by atoms with Crippen LogP contribution >= 0.6 is 0 Å². The van der Waals surface area contributed by atoms with Crippen LogP contribution in [0.4, 0.5) is 5.82 Å². The summed E-state index contributed by atoms with van der Waals surface area (Å²) in [5.41, 5.74) is 1.60. The summed E-state index contributed by atoms with van der Waals surface area (Å²) in [6.07, 6.45) is 5.09. The van der Waals surface area contributed by atoms with Gasteiger partial charge < -0.3 is 15.2 Å². The van der Waals surface area contributed by atoms with Gasteiger partial charge in [0.15, 0.2) is 11.5 Å². The SMILES string of the molecule is CC(=O)NC1CC(Nc2ncnc3c2ncn3C)C1. The average Bonchev–Trinajstić information content (AvgIpc) is 2.69. The molecule has 0 saturated heterocycles. The minimum absolute atomic E-state index is 0.0256. The fourth-order valence-electron chi connectivity index (χ4n) is 2.39. The molecule has 1 fully saturated rings. The van der Waals surface area contributed by atoms with Gasteiger partial charge in [-0.3, -0.25) is 4.79 Å². The van der Waals surface area contributed by atoms with Crippen molar-refractivity contribution in [1.29, 1.82) is 0 Å². The van der Waals surface area contributed by atoms with Gasteiger partial charge in [-0.1, -0.05) is 0 Å². The lowest BCUT2D eigenvalue weighted by Gasteiger charge is -2.36. The molecule has 2 N–H and O–H groups in total. The van der Waals surface area contributed by atoms with Crippen molar-refractivity contribution in [3.05, 3.63) is 12.7 Å². The number of fused-ring (bicyclic) bond motifs is 1. The molecule has 1 saturated carbocycles. The third-order valence-electron chi connectivity index (χ3n) is 3.38. The quantitative estimate of drug-likeness (QED) is 0.836. The van der Waals surface area contributed by atoms with E-state index in [4.69, 9.17) is 0 Å². The Labute approximate surface area is 110 Å². The highest BCUT2D eigenvalue weighted by atomic mass is 16.1. The van der Waals surface area contributed by atoms with Crippen molar-refractivity contribution >= 4 is 22.9 Å². The van der Waals surface area contributed by atoms with Crippen molar-refractivity contribution in [2.24, 2.45) is 7.05 Å². The number of hydrogen-bond donors (Lipinski definition) is 2. The monoisotopic (exact) mass is 260 g/mol. The molecule has 1 amide bonds. The van der Waals surface area contributed by atoms with E-state index in [1.54, 1.807) is 13.3 Å². The number of nitrogens with one attached hydrogen (secondary N) is 2. The Morgan fingerprint density at radius 2 is 2.11 bits per heavy atom. The first-order chi connectivity index (χ1) is 9.13. The van der Waals surface area contributed by atoms with Crippen LogP contribution in [0.1, 0.15) is 19.8 Å². The molecule has 0 spiro atoms. The molecule has 0 unspecified atom stereocenters. The van der Waals surface area contributed by atoms with Crippen molar-refractivity contribution in [3.63, 3.8) is 0 Å². The van der Waals surface area contributed by atoms with Crippen LogP contribution in [0.5, 0.6) is 0 Å². The van der Waals surface area contributed by atoms with E-state index < -0.39 is 0 Å². The zero-order valence-corrected chi connectivity index (χ0v) is 10.9. The van der Waals surface area contributed by atoms with Crippen LogP contribution in [0.2, 0.25) is 0 Å². The van der Waals surface area contributed by atoms with Gasteiger partial charge in [0.25, 0.3) is 0 Å². The molecule has 1 aliphatic carbocycles. The van der Waals surface area contributed by atoms with Crippen LogP contribution in [-0.2, 0) is 11.8 Å². The number of rotatable bonds is 3. The van der Waals surface area contributed by atoms with Gasteiger partial charge in [0, 0.05) is 26.1 Å². The van der Waals surface area contributed by atoms with E-state index in [0.29, 0.717) is 6.04 Å². The molecular formula is C12H16N6O. The third kappa shape index (κ3) is 2.23. The second kappa shape index (κ2) is 4.49. The summed E-state index contributed by atoms with van der Waals surface area (Å²) in [4.78, 5) is 23.7. The van der Waals surface area contributed by atoms with Gasteiger partial charge in [0.1, 0.15) is 11.8 Å². The number of carbonyl (C=O) groups excluding carboxylic acids is 1. The number of imidazole rings is 1. The van der Waals surface area contributed by atoms with Gasteiger partial charge in [0.05, 0.1) is 6.33 Å². The molecule has 2 heterocycles. The standard InChI is InChI=1S/C12H16N6O/c1-7(19)16-8-3-9(4-8)17-11-10-12(14-5-13-11)18(2)6-15-10/h5-6,8-9H,3-4H2,1-2H3,(H,16,19)(H,13,14,17). The molecule has 0 radical (unpaired) electrons. The zero-order chi connectivity index (χ0) is 13.4. The summed E-state index contributed by atoms with van der Waals surface area (Å²) in [7, 11) is 1.91. The van der Waals surface area contributed by atoms with E-state index in [-0.39, 0.29) is 11.9 Å². The first-order valence-electron chi connectivity index (χ1n) is 6.29. The molecule has 2 aromatic rings. The maximum Gasteiger partial charge on any atom is 0.217 e. The normalized spacial score (nSPS) is 22.0. The molecule has 0 bridgehead atoms. The molecular weight excluding hydrogens is 244 g/mol. The highest BCUT2D eigenvalue weighted by Gasteiger charge is 2.30. The number of nitrogens with zero attached hydrogens (tertiary/aromatic N) is 4. The van der Waals surface area contributed by atoms with Gasteiger partial charge in [-0.25, -0.2) is 15.0 Å². The molecule has 19 heavy (non-hydrogen) atoms. The molecule has 2 aromatic heterocycles. The molecule has 0 aliphatic heterocycles. The number of amides is 1. The number of aromatic nitrogens is 4. The minimum atomic E-state index is 0.0256. The lowest BCUT2D eigenvalue weighted by atomic mass is 9.86. The number of anilines is 1. The minimum Gasteiger partial charge on any atom is -0.365 e. The fourth-order valence-corrected chi connectivity index (χ4v) is 2.39. The average molecular weight is 260 g/mol. The van der Waals surface area contributed by atoms with E-state index >= 15 is 0 Å². The lowest BCUT2D eigenvalue weighted by molar-refractivity contribution is -0.120. The van der Waals surface area contributed by atoms with E-state index in [0.717, 1.165) is 29.8 Å². The van der Waals surface area contributed by atoms with Crippen molar-refractivity contribution in [3.8, 4) is 0 Å². The predicted molar refractivity (Wildman–Crippen MR) is 70.6 cm³/mol. The van der Waals surface area contributed by atoms with Crippen LogP contribution in [0.3, 0.4) is 0 Å². The smallest absolute Gasteiger partial charge is 0.217 e. The van der Waals surface area contributed by atoms with E-state index in [9.17, 15) is 4.79 Å². The Morgan fingerprint density at radius 1 is 1.32 bits per heavy atom. The summed E-state index contributed by atoms with van der Waals surface area (Å²) in [5.74, 6) is 0.787. The molecule has 1 aliphatic rings. The number of aryl methyl sites for hydroxylation is 1. The summed E-state index contributed by atoms with van der Waals surface area (Å²) in [5, 5.41) is 6.26.